The number of ether oxygens (including phenoxy) is 5. The third-order valence-corrected chi connectivity index (χ3v) is 9.03. The van der Waals surface area contributed by atoms with Crippen molar-refractivity contribution in [3.8, 4) is 40.1 Å². The molecule has 0 radical (unpaired) electrons. The third kappa shape index (κ3) is 7.84. The molecule has 0 aliphatic carbocycles. The lowest BCUT2D eigenvalue weighted by Gasteiger charge is -2.39. The van der Waals surface area contributed by atoms with E-state index in [0.717, 1.165) is 12.1 Å². The third-order valence-electron chi connectivity index (χ3n) is 9.03. The Morgan fingerprint density at radius 3 is 2.13 bits per heavy atom. The van der Waals surface area contributed by atoms with Crippen LogP contribution in [-0.4, -0.2) is 120 Å². The number of rotatable bonds is 9. The molecular formula is C37H38O17. The highest BCUT2D eigenvalue weighted by Crippen LogP contribution is 2.38. The van der Waals surface area contributed by atoms with Crippen LogP contribution < -0.4 is 14.9 Å². The number of phenolic OH excluding ortho intramolecular Hbond substituents is 3. The summed E-state index contributed by atoms with van der Waals surface area (Å²) in [5, 5.41) is 93.1. The molecule has 0 amide bonds. The van der Waals surface area contributed by atoms with E-state index in [9.17, 15) is 55.5 Å². The van der Waals surface area contributed by atoms with Crippen LogP contribution in [0.3, 0.4) is 0 Å². The van der Waals surface area contributed by atoms with Gasteiger partial charge in [0.15, 0.2) is 5.76 Å². The van der Waals surface area contributed by atoms with Crippen LogP contribution >= 0.6 is 0 Å². The fourth-order valence-electron chi connectivity index (χ4n) is 5.86. The van der Waals surface area contributed by atoms with Crippen molar-refractivity contribution in [3.05, 3.63) is 82.0 Å². The van der Waals surface area contributed by atoms with E-state index in [1.165, 1.54) is 49.4 Å². The van der Waals surface area contributed by atoms with Crippen molar-refractivity contribution in [2.24, 2.45) is 0 Å². The molecule has 2 aliphatic heterocycles. The molecule has 17 heteroatoms. The Bertz CT molecular complexity index is 2080. The molecule has 2 aliphatic rings. The Kier molecular flexibility index (Phi) is 11.1. The lowest BCUT2D eigenvalue weighted by molar-refractivity contribution is -0.278. The van der Waals surface area contributed by atoms with Gasteiger partial charge in [0.25, 0.3) is 0 Å². The molecule has 288 valence electrons. The molecular weight excluding hydrogens is 716 g/mol. The topological polar surface area (TPSA) is 275 Å². The van der Waals surface area contributed by atoms with Crippen LogP contribution in [0.2, 0.25) is 0 Å². The molecule has 0 bridgehead atoms. The number of aliphatic hydroxyl groups is 6. The van der Waals surface area contributed by atoms with Gasteiger partial charge in [0.1, 0.15) is 83.3 Å². The number of aliphatic hydroxyl groups excluding tert-OH is 6. The molecule has 2 fully saturated rings. The van der Waals surface area contributed by atoms with E-state index in [1.54, 1.807) is 19.1 Å². The number of hydrogen-bond acceptors (Lipinski definition) is 17. The molecule has 3 heterocycles. The number of aryl methyl sites for hydroxylation is 1. The van der Waals surface area contributed by atoms with Crippen molar-refractivity contribution >= 4 is 23.0 Å². The minimum Gasteiger partial charge on any atom is -0.508 e. The maximum absolute atomic E-state index is 14.0. The predicted octanol–water partition coefficient (Wildman–Crippen LogP) is 0.535. The number of aromatic hydroxyl groups is 3. The smallest absolute Gasteiger partial charge is 0.330 e. The molecule has 9 N–H and O–H groups in total. The first-order valence-electron chi connectivity index (χ1n) is 16.6. The largest absolute Gasteiger partial charge is 0.508 e. The average molecular weight is 755 g/mol. The van der Waals surface area contributed by atoms with E-state index < -0.39 is 96.3 Å². The molecule has 54 heavy (non-hydrogen) atoms. The summed E-state index contributed by atoms with van der Waals surface area (Å²) in [6.45, 7) is 2.51. The van der Waals surface area contributed by atoms with Crippen molar-refractivity contribution in [2.45, 2.75) is 75.3 Å². The molecule has 10 atom stereocenters. The van der Waals surface area contributed by atoms with Crippen LogP contribution in [-0.2, 0) is 19.0 Å². The normalized spacial score (nSPS) is 28.6. The second kappa shape index (κ2) is 15.6. The molecule has 17 nitrogen and oxygen atoms in total. The van der Waals surface area contributed by atoms with E-state index in [2.05, 4.69) is 0 Å². The van der Waals surface area contributed by atoms with Crippen molar-refractivity contribution in [1.29, 1.82) is 0 Å². The number of carbonyl (C=O) groups excluding carboxylic acids is 1. The van der Waals surface area contributed by atoms with Crippen LogP contribution in [0.5, 0.6) is 28.7 Å². The molecule has 0 spiro atoms. The van der Waals surface area contributed by atoms with Gasteiger partial charge in [-0.15, -0.1) is 0 Å². The zero-order chi connectivity index (χ0) is 39.0. The quantitative estimate of drug-likeness (QED) is 0.0833. The van der Waals surface area contributed by atoms with E-state index in [1.807, 2.05) is 0 Å². The first-order valence-corrected chi connectivity index (χ1v) is 16.6. The van der Waals surface area contributed by atoms with Gasteiger partial charge >= 0.3 is 5.97 Å². The molecule has 4 unspecified atom stereocenters. The highest BCUT2D eigenvalue weighted by atomic mass is 16.7. The zero-order valence-electron chi connectivity index (χ0n) is 28.6. The summed E-state index contributed by atoms with van der Waals surface area (Å²) in [6.07, 6.45) is -13.8. The van der Waals surface area contributed by atoms with Crippen molar-refractivity contribution in [2.75, 3.05) is 6.61 Å². The van der Waals surface area contributed by atoms with Gasteiger partial charge in [-0.3, -0.25) is 4.79 Å². The fraction of sp³-hybridized carbons (Fsp3) is 0.351. The van der Waals surface area contributed by atoms with Gasteiger partial charge in [-0.1, -0.05) is 12.1 Å². The Balaban J connectivity index is 1.28. The lowest BCUT2D eigenvalue weighted by Crippen LogP contribution is -2.60. The summed E-state index contributed by atoms with van der Waals surface area (Å²) in [5.41, 5.74) is 0.000597. The number of benzene rings is 3. The SMILES string of the molecule is Cc1ccc(/C=C/C(=O)OCC2O[C@@H](Oc3c(-c4ccc(O)cc4)oc4cc(O[C@@H]5OC(C)[C@H](O)[C@H](O)C5O)cc(O)c4c3=O)C(O)[C@@H](O)[C@@H]2O)cc1O. The zero-order valence-corrected chi connectivity index (χ0v) is 28.6. The van der Waals surface area contributed by atoms with Gasteiger partial charge in [0.2, 0.25) is 23.8 Å². The maximum Gasteiger partial charge on any atom is 0.330 e. The number of esters is 1. The summed E-state index contributed by atoms with van der Waals surface area (Å²) in [4.78, 5) is 26.5. The number of fused-ring (bicyclic) bond motifs is 1. The molecule has 4 aromatic rings. The van der Waals surface area contributed by atoms with Gasteiger partial charge in [0.05, 0.1) is 6.10 Å². The monoisotopic (exact) mass is 754 g/mol. The predicted molar refractivity (Wildman–Crippen MR) is 184 cm³/mol. The van der Waals surface area contributed by atoms with E-state index in [4.69, 9.17) is 28.1 Å². The first-order chi connectivity index (χ1) is 25.6. The van der Waals surface area contributed by atoms with Crippen LogP contribution in [0, 0.1) is 6.92 Å². The summed E-state index contributed by atoms with van der Waals surface area (Å²) < 4.78 is 33.8. The number of hydrogen-bond donors (Lipinski definition) is 9. The number of carbonyl (C=O) groups is 1. The lowest BCUT2D eigenvalue weighted by atomic mass is 9.99. The minimum absolute atomic E-state index is 0.0229. The van der Waals surface area contributed by atoms with Gasteiger partial charge in [0, 0.05) is 23.8 Å². The summed E-state index contributed by atoms with van der Waals surface area (Å²) in [7, 11) is 0. The maximum atomic E-state index is 14.0. The summed E-state index contributed by atoms with van der Waals surface area (Å²) in [6, 6.07) is 12.2. The average Bonchev–Trinajstić information content (AvgIpc) is 3.14. The Labute approximate surface area is 305 Å². The van der Waals surface area contributed by atoms with Gasteiger partial charge < -0.3 is 74.1 Å². The van der Waals surface area contributed by atoms with E-state index >= 15 is 0 Å². The fourth-order valence-corrected chi connectivity index (χ4v) is 5.86. The van der Waals surface area contributed by atoms with Gasteiger partial charge in [-0.05, 0) is 61.4 Å². The van der Waals surface area contributed by atoms with Crippen LogP contribution in [0.15, 0.2) is 69.9 Å². The first kappa shape index (κ1) is 38.5. The highest BCUT2D eigenvalue weighted by Gasteiger charge is 2.46. The molecule has 6 rings (SSSR count). The van der Waals surface area contributed by atoms with Crippen molar-refractivity contribution in [1.82, 2.24) is 0 Å². The van der Waals surface area contributed by atoms with Crippen LogP contribution in [0.1, 0.15) is 18.1 Å². The Hall–Kier alpha value is -5.24. The second-order valence-electron chi connectivity index (χ2n) is 12.9. The second-order valence-corrected chi connectivity index (χ2v) is 12.9. The summed E-state index contributed by atoms with van der Waals surface area (Å²) >= 11 is 0. The van der Waals surface area contributed by atoms with E-state index in [-0.39, 0.29) is 34.2 Å². The molecule has 3 aromatic carbocycles. The Morgan fingerprint density at radius 1 is 0.778 bits per heavy atom. The molecule has 2 saturated heterocycles. The standard InChI is InChI=1S/C37H38O17/c1-15-3-4-17(11-21(15)39)5-10-25(41)49-14-24-28(43)31(46)33(48)37(53-24)54-35-29(44)26-22(40)12-20(51-36-32(47)30(45)27(42)16(2)50-36)13-23(26)52-34(35)18-6-8-19(38)9-7-18/h3-13,16,24,27-28,30-33,36-40,42-43,45-48H,14H2,1-2H3/b10-5+/t16?,24?,27-,28+,30-,31-,32?,33?,36-,37-/m0/s1. The molecule has 0 saturated carbocycles. The van der Waals surface area contributed by atoms with Crippen LogP contribution in [0.4, 0.5) is 0 Å². The van der Waals surface area contributed by atoms with Gasteiger partial charge in [-0.25, -0.2) is 4.79 Å². The minimum atomic E-state index is -1.97. The summed E-state index contributed by atoms with van der Waals surface area (Å²) in [5.74, 6) is -2.82. The Morgan fingerprint density at radius 2 is 1.44 bits per heavy atom. The number of phenols is 3. The molecule has 1 aromatic heterocycles. The van der Waals surface area contributed by atoms with Crippen LogP contribution in [0.25, 0.3) is 28.4 Å². The van der Waals surface area contributed by atoms with Gasteiger partial charge in [-0.2, -0.15) is 0 Å². The van der Waals surface area contributed by atoms with Crippen molar-refractivity contribution < 1.29 is 78.9 Å². The van der Waals surface area contributed by atoms with Crippen molar-refractivity contribution in [3.63, 3.8) is 0 Å². The van der Waals surface area contributed by atoms with E-state index in [0.29, 0.717) is 11.1 Å². The highest BCUT2D eigenvalue weighted by molar-refractivity contribution is 5.88.